The van der Waals surface area contributed by atoms with Gasteiger partial charge in [-0.15, -0.1) is 11.3 Å². The Hall–Kier alpha value is -3.19. The Kier molecular flexibility index (Phi) is 5.54. The van der Waals surface area contributed by atoms with E-state index < -0.39 is 0 Å². The molecule has 0 saturated heterocycles. The summed E-state index contributed by atoms with van der Waals surface area (Å²) in [5, 5.41) is 11.3. The Labute approximate surface area is 186 Å². The first-order valence-corrected chi connectivity index (χ1v) is 11.1. The smallest absolute Gasteiger partial charge is 0.257 e. The monoisotopic (exact) mass is 433 g/mol. The molecular formula is C24H27N5OS. The van der Waals surface area contributed by atoms with Crippen LogP contribution in [0.2, 0.25) is 0 Å². The SMILES string of the molecule is Cc1c(C(=O)N(C)Cc2cn(-c3ccccc3)nc2-c2cccs2)cnn1C(C)(C)C. The van der Waals surface area contributed by atoms with Crippen LogP contribution in [0.4, 0.5) is 0 Å². The molecule has 31 heavy (non-hydrogen) atoms. The average molecular weight is 434 g/mol. The van der Waals surface area contributed by atoms with Crippen LogP contribution in [-0.2, 0) is 12.1 Å². The normalized spacial score (nSPS) is 11.6. The van der Waals surface area contributed by atoms with Crippen LogP contribution in [0, 0.1) is 6.92 Å². The van der Waals surface area contributed by atoms with E-state index in [9.17, 15) is 4.79 Å². The Morgan fingerprint density at radius 2 is 1.87 bits per heavy atom. The highest BCUT2D eigenvalue weighted by molar-refractivity contribution is 7.13. The molecule has 1 amide bonds. The molecule has 0 aliphatic rings. The highest BCUT2D eigenvalue weighted by atomic mass is 32.1. The molecule has 4 rings (SSSR count). The zero-order chi connectivity index (χ0) is 22.2. The van der Waals surface area contributed by atoms with Crippen LogP contribution >= 0.6 is 11.3 Å². The van der Waals surface area contributed by atoms with Crippen molar-refractivity contribution in [3.63, 3.8) is 0 Å². The maximum absolute atomic E-state index is 13.2. The molecule has 1 aromatic carbocycles. The van der Waals surface area contributed by atoms with Crippen LogP contribution in [0.1, 0.15) is 42.4 Å². The number of carbonyl (C=O) groups excluding carboxylic acids is 1. The molecule has 160 valence electrons. The fraction of sp³-hybridized carbons (Fsp3) is 0.292. The number of amides is 1. The van der Waals surface area contributed by atoms with Crippen LogP contribution in [0.3, 0.4) is 0 Å². The zero-order valence-electron chi connectivity index (χ0n) is 18.5. The zero-order valence-corrected chi connectivity index (χ0v) is 19.3. The molecule has 0 radical (unpaired) electrons. The van der Waals surface area contributed by atoms with Crippen LogP contribution in [0.25, 0.3) is 16.3 Å². The van der Waals surface area contributed by atoms with Crippen LogP contribution in [0.15, 0.2) is 60.2 Å². The second-order valence-electron chi connectivity index (χ2n) is 8.65. The summed E-state index contributed by atoms with van der Waals surface area (Å²) >= 11 is 1.65. The molecule has 0 N–H and O–H groups in total. The van der Waals surface area contributed by atoms with Gasteiger partial charge in [0.25, 0.3) is 5.91 Å². The Morgan fingerprint density at radius 1 is 1.13 bits per heavy atom. The van der Waals surface area contributed by atoms with Crippen molar-refractivity contribution in [2.75, 3.05) is 7.05 Å². The van der Waals surface area contributed by atoms with Gasteiger partial charge in [0.2, 0.25) is 0 Å². The third kappa shape index (κ3) is 4.18. The lowest BCUT2D eigenvalue weighted by molar-refractivity contribution is 0.0784. The molecule has 6 nitrogen and oxygen atoms in total. The van der Waals surface area contributed by atoms with Gasteiger partial charge in [-0.25, -0.2) is 4.68 Å². The molecule has 0 spiro atoms. The summed E-state index contributed by atoms with van der Waals surface area (Å²) in [6.07, 6.45) is 3.69. The van der Waals surface area contributed by atoms with E-state index in [1.165, 1.54) is 0 Å². The van der Waals surface area contributed by atoms with Crippen LogP contribution < -0.4 is 0 Å². The fourth-order valence-corrected chi connectivity index (χ4v) is 4.43. The predicted molar refractivity (Wildman–Crippen MR) is 125 cm³/mol. The highest BCUT2D eigenvalue weighted by Crippen LogP contribution is 2.29. The van der Waals surface area contributed by atoms with Crippen LogP contribution in [-0.4, -0.2) is 37.4 Å². The van der Waals surface area contributed by atoms with E-state index in [1.807, 2.05) is 71.3 Å². The van der Waals surface area contributed by atoms with Gasteiger partial charge >= 0.3 is 0 Å². The topological polar surface area (TPSA) is 56.0 Å². The molecule has 0 aliphatic heterocycles. The van der Waals surface area contributed by atoms with Crippen molar-refractivity contribution in [3.05, 3.63) is 77.1 Å². The van der Waals surface area contributed by atoms with E-state index in [-0.39, 0.29) is 11.4 Å². The first-order chi connectivity index (χ1) is 14.8. The van der Waals surface area contributed by atoms with Crippen molar-refractivity contribution in [2.45, 2.75) is 39.8 Å². The highest BCUT2D eigenvalue weighted by Gasteiger charge is 2.24. The second-order valence-corrected chi connectivity index (χ2v) is 9.60. The molecule has 0 atom stereocenters. The minimum atomic E-state index is -0.176. The van der Waals surface area contributed by atoms with Crippen molar-refractivity contribution >= 4 is 17.2 Å². The summed E-state index contributed by atoms with van der Waals surface area (Å²) in [7, 11) is 1.83. The fourth-order valence-electron chi connectivity index (χ4n) is 3.69. The minimum Gasteiger partial charge on any atom is -0.337 e. The largest absolute Gasteiger partial charge is 0.337 e. The maximum Gasteiger partial charge on any atom is 0.257 e. The second kappa shape index (κ2) is 8.15. The third-order valence-corrected chi connectivity index (χ3v) is 6.07. The van der Waals surface area contributed by atoms with Crippen molar-refractivity contribution in [3.8, 4) is 16.3 Å². The maximum atomic E-state index is 13.2. The summed E-state index contributed by atoms with van der Waals surface area (Å²) in [6, 6.07) is 14.1. The Morgan fingerprint density at radius 3 is 2.48 bits per heavy atom. The molecule has 4 aromatic rings. The van der Waals surface area contributed by atoms with E-state index in [4.69, 9.17) is 5.10 Å². The number of para-hydroxylation sites is 1. The first-order valence-electron chi connectivity index (χ1n) is 10.2. The van der Waals surface area contributed by atoms with E-state index in [2.05, 4.69) is 31.9 Å². The van der Waals surface area contributed by atoms with Gasteiger partial charge in [-0.05, 0) is 51.3 Å². The van der Waals surface area contributed by atoms with Gasteiger partial charge in [-0.3, -0.25) is 9.48 Å². The van der Waals surface area contributed by atoms with Crippen molar-refractivity contribution in [1.82, 2.24) is 24.5 Å². The lowest BCUT2D eigenvalue weighted by atomic mass is 10.1. The lowest BCUT2D eigenvalue weighted by Gasteiger charge is -2.22. The molecular weight excluding hydrogens is 406 g/mol. The van der Waals surface area contributed by atoms with E-state index in [1.54, 1.807) is 22.4 Å². The summed E-state index contributed by atoms with van der Waals surface area (Å²) < 4.78 is 3.78. The number of rotatable bonds is 5. The Balaban J connectivity index is 1.65. The average Bonchev–Trinajstić information content (AvgIpc) is 3.47. The molecule has 3 heterocycles. The van der Waals surface area contributed by atoms with Crippen molar-refractivity contribution < 1.29 is 4.79 Å². The number of carbonyl (C=O) groups is 1. The summed E-state index contributed by atoms with van der Waals surface area (Å²) in [4.78, 5) is 16.1. The molecule has 0 aliphatic carbocycles. The number of nitrogens with zero attached hydrogens (tertiary/aromatic N) is 5. The number of hydrogen-bond donors (Lipinski definition) is 0. The molecule has 0 unspecified atom stereocenters. The van der Waals surface area contributed by atoms with Gasteiger partial charge in [-0.1, -0.05) is 24.3 Å². The number of thiophene rings is 1. The third-order valence-electron chi connectivity index (χ3n) is 5.20. The van der Waals surface area contributed by atoms with Gasteiger partial charge in [0.1, 0.15) is 5.69 Å². The first kappa shape index (κ1) is 21.1. The van der Waals surface area contributed by atoms with E-state index in [0.717, 1.165) is 27.5 Å². The molecule has 0 fully saturated rings. The molecule has 7 heteroatoms. The van der Waals surface area contributed by atoms with E-state index >= 15 is 0 Å². The summed E-state index contributed by atoms with van der Waals surface area (Å²) in [6.45, 7) is 8.64. The summed E-state index contributed by atoms with van der Waals surface area (Å²) in [5.74, 6) is -0.0439. The number of hydrogen-bond acceptors (Lipinski definition) is 4. The van der Waals surface area contributed by atoms with Gasteiger partial charge < -0.3 is 4.90 Å². The standard InChI is InChI=1S/C24H27N5OS/c1-17-20(14-25-29(17)24(2,3)4)23(30)27(5)15-18-16-28(19-10-7-6-8-11-19)26-22(18)21-12-9-13-31-21/h6-14,16H,15H2,1-5H3. The van der Waals surface area contributed by atoms with Gasteiger partial charge in [0, 0.05) is 31.0 Å². The van der Waals surface area contributed by atoms with Gasteiger partial charge in [0.15, 0.2) is 0 Å². The van der Waals surface area contributed by atoms with Gasteiger partial charge in [-0.2, -0.15) is 10.2 Å². The molecule has 3 aromatic heterocycles. The summed E-state index contributed by atoms with van der Waals surface area (Å²) in [5.41, 5.74) is 4.23. The predicted octanol–water partition coefficient (Wildman–Crippen LogP) is 5.13. The number of aromatic nitrogens is 4. The Bertz CT molecular complexity index is 1180. The number of benzene rings is 1. The minimum absolute atomic E-state index is 0.0439. The van der Waals surface area contributed by atoms with Gasteiger partial charge in [0.05, 0.1) is 27.9 Å². The van der Waals surface area contributed by atoms with Crippen molar-refractivity contribution in [2.24, 2.45) is 0 Å². The quantitative estimate of drug-likeness (QED) is 0.438. The van der Waals surface area contributed by atoms with E-state index in [0.29, 0.717) is 12.1 Å². The van der Waals surface area contributed by atoms with Crippen LogP contribution in [0.5, 0.6) is 0 Å². The molecule has 0 bridgehead atoms. The van der Waals surface area contributed by atoms with Crippen molar-refractivity contribution in [1.29, 1.82) is 0 Å². The molecule has 0 saturated carbocycles. The lowest BCUT2D eigenvalue weighted by Crippen LogP contribution is -2.28.